The Hall–Kier alpha value is -2.09. The van der Waals surface area contributed by atoms with E-state index in [0.717, 1.165) is 10.0 Å². The van der Waals surface area contributed by atoms with Gasteiger partial charge in [-0.15, -0.1) is 0 Å². The second kappa shape index (κ2) is 7.65. The molecule has 1 aromatic carbocycles. The largest absolute Gasteiger partial charge is 0.468 e. The molecule has 0 saturated carbocycles. The molecule has 4 nitrogen and oxygen atoms in total. The summed E-state index contributed by atoms with van der Waals surface area (Å²) in [4.78, 5) is 17.5. The van der Waals surface area contributed by atoms with E-state index in [2.05, 4.69) is 25.7 Å². The highest BCUT2D eigenvalue weighted by atomic mass is 79.9. The number of halogens is 4. The van der Waals surface area contributed by atoms with Gasteiger partial charge in [-0.25, -0.2) is 4.98 Å². The molecule has 1 heterocycles. The number of ether oxygens (including phenoxy) is 1. The molecule has 0 radical (unpaired) electrons. The lowest BCUT2D eigenvalue weighted by Crippen LogP contribution is -2.26. The minimum atomic E-state index is -4.43. The fourth-order valence-electron chi connectivity index (χ4n) is 1.90. The van der Waals surface area contributed by atoms with Crippen LogP contribution in [0.3, 0.4) is 0 Å². The van der Waals surface area contributed by atoms with E-state index in [-0.39, 0.29) is 17.4 Å². The first-order chi connectivity index (χ1) is 11.2. The average Bonchev–Trinajstić information content (AvgIpc) is 2.54. The van der Waals surface area contributed by atoms with Crippen LogP contribution in [-0.4, -0.2) is 35.6 Å². The summed E-state index contributed by atoms with van der Waals surface area (Å²) >= 11 is 3.34. The van der Waals surface area contributed by atoms with Gasteiger partial charge in [0.25, 0.3) is 5.91 Å². The van der Waals surface area contributed by atoms with Crippen LogP contribution < -0.4 is 4.74 Å². The van der Waals surface area contributed by atoms with Gasteiger partial charge in [0.05, 0.1) is 5.56 Å². The molecular formula is C16H14BrF3N2O2. The van der Waals surface area contributed by atoms with Crippen LogP contribution in [0.2, 0.25) is 0 Å². The first kappa shape index (κ1) is 18.3. The minimum Gasteiger partial charge on any atom is -0.468 e. The number of aromatic nitrogens is 1. The van der Waals surface area contributed by atoms with Gasteiger partial charge in [-0.2, -0.15) is 13.2 Å². The van der Waals surface area contributed by atoms with E-state index in [1.807, 2.05) is 24.3 Å². The standard InChI is InChI=1S/C16H14BrF3N2O2/c1-22(9-11-2-5-13(17)6-3-11)15(23)12-4-7-14(21-8-12)24-10-16(18,19)20/h2-8H,9-10H2,1H3. The first-order valence-electron chi connectivity index (χ1n) is 6.90. The van der Waals surface area contributed by atoms with Crippen molar-refractivity contribution in [2.24, 2.45) is 0 Å². The monoisotopic (exact) mass is 402 g/mol. The number of carbonyl (C=O) groups is 1. The average molecular weight is 403 g/mol. The normalized spacial score (nSPS) is 11.2. The highest BCUT2D eigenvalue weighted by molar-refractivity contribution is 9.10. The lowest BCUT2D eigenvalue weighted by atomic mass is 10.2. The summed E-state index contributed by atoms with van der Waals surface area (Å²) in [7, 11) is 1.64. The van der Waals surface area contributed by atoms with E-state index >= 15 is 0 Å². The predicted molar refractivity (Wildman–Crippen MR) is 85.7 cm³/mol. The van der Waals surface area contributed by atoms with Crippen LogP contribution in [0.5, 0.6) is 5.88 Å². The number of carbonyl (C=O) groups excluding carboxylic acids is 1. The molecule has 128 valence electrons. The number of nitrogens with zero attached hydrogens (tertiary/aromatic N) is 2. The van der Waals surface area contributed by atoms with E-state index in [0.29, 0.717) is 6.54 Å². The van der Waals surface area contributed by atoms with Crippen molar-refractivity contribution >= 4 is 21.8 Å². The van der Waals surface area contributed by atoms with Crippen molar-refractivity contribution < 1.29 is 22.7 Å². The summed E-state index contributed by atoms with van der Waals surface area (Å²) in [6.07, 6.45) is -3.23. The van der Waals surface area contributed by atoms with Crippen LogP contribution in [0.15, 0.2) is 47.1 Å². The zero-order chi connectivity index (χ0) is 17.7. The summed E-state index contributed by atoms with van der Waals surface area (Å²) in [6, 6.07) is 10.2. The summed E-state index contributed by atoms with van der Waals surface area (Å²) < 4.78 is 41.7. The van der Waals surface area contributed by atoms with E-state index in [1.54, 1.807) is 7.05 Å². The van der Waals surface area contributed by atoms with Gasteiger partial charge in [-0.3, -0.25) is 4.79 Å². The van der Waals surface area contributed by atoms with Crippen LogP contribution in [0.4, 0.5) is 13.2 Å². The van der Waals surface area contributed by atoms with Gasteiger partial charge in [-0.1, -0.05) is 28.1 Å². The molecule has 0 aliphatic carbocycles. The van der Waals surface area contributed by atoms with Gasteiger partial charge in [0.15, 0.2) is 6.61 Å². The van der Waals surface area contributed by atoms with Gasteiger partial charge in [0.2, 0.25) is 5.88 Å². The van der Waals surface area contributed by atoms with Crippen LogP contribution >= 0.6 is 15.9 Å². The van der Waals surface area contributed by atoms with Crippen LogP contribution in [0.1, 0.15) is 15.9 Å². The molecule has 0 bridgehead atoms. The third kappa shape index (κ3) is 5.52. The van der Waals surface area contributed by atoms with E-state index in [9.17, 15) is 18.0 Å². The Morgan fingerprint density at radius 2 is 1.88 bits per heavy atom. The van der Waals surface area contributed by atoms with Crippen molar-refractivity contribution in [2.45, 2.75) is 12.7 Å². The Morgan fingerprint density at radius 3 is 2.42 bits per heavy atom. The zero-order valence-corrected chi connectivity index (χ0v) is 14.3. The third-order valence-electron chi connectivity index (χ3n) is 3.05. The van der Waals surface area contributed by atoms with Crippen molar-refractivity contribution in [1.29, 1.82) is 0 Å². The highest BCUT2D eigenvalue weighted by Gasteiger charge is 2.28. The summed E-state index contributed by atoms with van der Waals surface area (Å²) in [5.41, 5.74) is 1.22. The zero-order valence-electron chi connectivity index (χ0n) is 12.7. The maximum atomic E-state index is 12.3. The third-order valence-corrected chi connectivity index (χ3v) is 3.58. The Bertz CT molecular complexity index is 688. The molecule has 2 aromatic rings. The van der Waals surface area contributed by atoms with Crippen molar-refractivity contribution in [3.05, 3.63) is 58.2 Å². The number of rotatable bonds is 5. The number of hydrogen-bond donors (Lipinski definition) is 0. The second-order valence-electron chi connectivity index (χ2n) is 5.08. The van der Waals surface area contributed by atoms with Crippen LogP contribution in [-0.2, 0) is 6.54 Å². The number of benzene rings is 1. The maximum absolute atomic E-state index is 12.3. The van der Waals surface area contributed by atoms with Gasteiger partial charge in [0.1, 0.15) is 0 Å². The molecule has 0 spiro atoms. The van der Waals surface area contributed by atoms with Gasteiger partial charge in [0, 0.05) is 30.3 Å². The molecule has 0 aliphatic rings. The van der Waals surface area contributed by atoms with E-state index < -0.39 is 12.8 Å². The van der Waals surface area contributed by atoms with Gasteiger partial charge >= 0.3 is 6.18 Å². The Labute approximate surface area is 145 Å². The predicted octanol–water partition coefficient (Wildman–Crippen LogP) is 4.06. The van der Waals surface area contributed by atoms with E-state index in [1.165, 1.54) is 23.2 Å². The number of pyridine rings is 1. The fourth-order valence-corrected chi connectivity index (χ4v) is 2.17. The lowest BCUT2D eigenvalue weighted by Gasteiger charge is -2.17. The molecule has 1 aromatic heterocycles. The Morgan fingerprint density at radius 1 is 1.21 bits per heavy atom. The lowest BCUT2D eigenvalue weighted by molar-refractivity contribution is -0.154. The molecule has 24 heavy (non-hydrogen) atoms. The van der Waals surface area contributed by atoms with Crippen LogP contribution in [0.25, 0.3) is 0 Å². The minimum absolute atomic E-state index is 0.181. The molecule has 0 fully saturated rings. The van der Waals surface area contributed by atoms with Crippen LogP contribution in [0, 0.1) is 0 Å². The smallest absolute Gasteiger partial charge is 0.422 e. The number of alkyl halides is 3. The molecule has 2 rings (SSSR count). The van der Waals surface area contributed by atoms with E-state index in [4.69, 9.17) is 0 Å². The highest BCUT2D eigenvalue weighted by Crippen LogP contribution is 2.18. The van der Waals surface area contributed by atoms with Crippen molar-refractivity contribution in [3.8, 4) is 5.88 Å². The number of amides is 1. The molecule has 0 unspecified atom stereocenters. The molecule has 0 atom stereocenters. The first-order valence-corrected chi connectivity index (χ1v) is 7.69. The molecule has 8 heteroatoms. The van der Waals surface area contributed by atoms with Crippen molar-refractivity contribution in [2.75, 3.05) is 13.7 Å². The summed E-state index contributed by atoms with van der Waals surface area (Å²) in [5, 5.41) is 0. The Balaban J connectivity index is 1.97. The summed E-state index contributed by atoms with van der Waals surface area (Å²) in [6.45, 7) is -1.02. The second-order valence-corrected chi connectivity index (χ2v) is 5.99. The summed E-state index contributed by atoms with van der Waals surface area (Å²) in [5.74, 6) is -0.466. The topological polar surface area (TPSA) is 42.4 Å². The molecule has 1 amide bonds. The Kier molecular flexibility index (Phi) is 5.82. The molecule has 0 saturated heterocycles. The maximum Gasteiger partial charge on any atom is 0.422 e. The van der Waals surface area contributed by atoms with Crippen molar-refractivity contribution in [3.63, 3.8) is 0 Å². The number of hydrogen-bond acceptors (Lipinski definition) is 3. The molecule has 0 aliphatic heterocycles. The quantitative estimate of drug-likeness (QED) is 0.757. The molecule has 0 N–H and O–H groups in total. The SMILES string of the molecule is CN(Cc1ccc(Br)cc1)C(=O)c1ccc(OCC(F)(F)F)nc1. The van der Waals surface area contributed by atoms with Crippen molar-refractivity contribution in [1.82, 2.24) is 9.88 Å². The van der Waals surface area contributed by atoms with Gasteiger partial charge in [-0.05, 0) is 23.8 Å². The van der Waals surface area contributed by atoms with Gasteiger partial charge < -0.3 is 9.64 Å². The fraction of sp³-hybridized carbons (Fsp3) is 0.250. The molecular weight excluding hydrogens is 389 g/mol.